The molecule has 2 aromatic rings. The van der Waals surface area contributed by atoms with Gasteiger partial charge in [0.1, 0.15) is 5.56 Å². The van der Waals surface area contributed by atoms with Crippen molar-refractivity contribution in [1.82, 2.24) is 15.1 Å². The molecular weight excluding hydrogens is 353 g/mol. The summed E-state index contributed by atoms with van der Waals surface area (Å²) in [5.41, 5.74) is 1.73. The number of esters is 1. The predicted molar refractivity (Wildman–Crippen MR) is 91.2 cm³/mol. The van der Waals surface area contributed by atoms with Gasteiger partial charge >= 0.3 is 5.97 Å². The Morgan fingerprint density at radius 3 is 2.67 bits per heavy atom. The van der Waals surface area contributed by atoms with Gasteiger partial charge in [-0.1, -0.05) is 29.3 Å². The van der Waals surface area contributed by atoms with Crippen molar-refractivity contribution in [2.24, 2.45) is 7.05 Å². The Labute approximate surface area is 149 Å². The molecule has 1 amide bonds. The summed E-state index contributed by atoms with van der Waals surface area (Å²) in [7, 11) is 1.72. The molecule has 1 aromatic carbocycles. The Morgan fingerprint density at radius 1 is 1.38 bits per heavy atom. The van der Waals surface area contributed by atoms with E-state index in [4.69, 9.17) is 27.9 Å². The number of amides is 1. The fourth-order valence-corrected chi connectivity index (χ4v) is 2.69. The van der Waals surface area contributed by atoms with Crippen molar-refractivity contribution in [3.8, 4) is 0 Å². The van der Waals surface area contributed by atoms with E-state index in [1.807, 2.05) is 0 Å². The van der Waals surface area contributed by atoms with E-state index < -0.39 is 11.9 Å². The lowest BCUT2D eigenvalue weighted by Crippen LogP contribution is -2.31. The van der Waals surface area contributed by atoms with Gasteiger partial charge in [0.05, 0.1) is 12.2 Å². The lowest BCUT2D eigenvalue weighted by atomic mass is 10.1. The Balaban J connectivity index is 1.91. The van der Waals surface area contributed by atoms with Gasteiger partial charge < -0.3 is 10.1 Å². The summed E-state index contributed by atoms with van der Waals surface area (Å²) in [4.78, 5) is 23.9. The number of hydrogen-bond donors (Lipinski definition) is 1. The molecule has 0 saturated carbocycles. The zero-order chi connectivity index (χ0) is 17.9. The third-order valence-electron chi connectivity index (χ3n) is 3.60. The van der Waals surface area contributed by atoms with Gasteiger partial charge in [-0.25, -0.2) is 4.79 Å². The molecule has 2 rings (SSSR count). The number of ether oxygens (including phenoxy) is 1. The second-order valence-electron chi connectivity index (χ2n) is 5.30. The van der Waals surface area contributed by atoms with Crippen molar-refractivity contribution >= 4 is 35.1 Å². The minimum Gasteiger partial charge on any atom is -0.452 e. The fraction of sp³-hybridized carbons (Fsp3) is 0.312. The minimum absolute atomic E-state index is 0.332. The molecule has 1 aromatic heterocycles. The molecule has 128 valence electrons. The first-order valence-electron chi connectivity index (χ1n) is 7.19. The number of nitrogens with zero attached hydrogens (tertiary/aromatic N) is 2. The molecule has 0 unspecified atom stereocenters. The third-order valence-corrected chi connectivity index (χ3v) is 4.16. The molecule has 0 aliphatic rings. The fourth-order valence-electron chi connectivity index (χ4n) is 2.12. The summed E-state index contributed by atoms with van der Waals surface area (Å²) >= 11 is 12.0. The second-order valence-corrected chi connectivity index (χ2v) is 6.14. The molecule has 0 saturated heterocycles. The molecule has 24 heavy (non-hydrogen) atoms. The number of carbonyl (C=O) groups excluding carboxylic acids is 2. The molecule has 0 spiro atoms. The van der Waals surface area contributed by atoms with Crippen LogP contribution in [0.1, 0.15) is 34.6 Å². The summed E-state index contributed by atoms with van der Waals surface area (Å²) in [6, 6.07) is 4.69. The molecule has 0 fully saturated rings. The highest BCUT2D eigenvalue weighted by Crippen LogP contribution is 2.25. The zero-order valence-corrected chi connectivity index (χ0v) is 15.0. The van der Waals surface area contributed by atoms with E-state index in [9.17, 15) is 9.59 Å². The van der Waals surface area contributed by atoms with Crippen molar-refractivity contribution in [2.45, 2.75) is 19.9 Å². The van der Waals surface area contributed by atoms with Gasteiger partial charge in [0.15, 0.2) is 6.61 Å². The third kappa shape index (κ3) is 4.27. The molecule has 0 aliphatic carbocycles. The lowest BCUT2D eigenvalue weighted by molar-refractivity contribution is -0.124. The van der Waals surface area contributed by atoms with Gasteiger partial charge in [-0.2, -0.15) is 5.10 Å². The van der Waals surface area contributed by atoms with E-state index in [-0.39, 0.29) is 12.6 Å². The van der Waals surface area contributed by atoms with Gasteiger partial charge in [-0.15, -0.1) is 0 Å². The highest BCUT2D eigenvalue weighted by atomic mass is 35.5. The van der Waals surface area contributed by atoms with Crippen molar-refractivity contribution in [2.75, 3.05) is 6.61 Å². The predicted octanol–water partition coefficient (Wildman–Crippen LogP) is 3.07. The summed E-state index contributed by atoms with van der Waals surface area (Å²) in [5, 5.41) is 7.65. The SMILES string of the molecule is Cc1c(C(=O)OCC(=O)N[C@@H](C)c2ccc(Cl)cc2Cl)cnn1C. The molecule has 6 nitrogen and oxygen atoms in total. The van der Waals surface area contributed by atoms with Gasteiger partial charge in [0.2, 0.25) is 0 Å². The van der Waals surface area contributed by atoms with Crippen LogP contribution in [0.15, 0.2) is 24.4 Å². The number of rotatable bonds is 5. The average Bonchev–Trinajstić information content (AvgIpc) is 2.84. The van der Waals surface area contributed by atoms with E-state index >= 15 is 0 Å². The average molecular weight is 370 g/mol. The summed E-state index contributed by atoms with van der Waals surface area (Å²) < 4.78 is 6.57. The molecular formula is C16H17Cl2N3O3. The smallest absolute Gasteiger partial charge is 0.342 e. The number of carbonyl (C=O) groups is 2. The number of aryl methyl sites for hydroxylation is 1. The van der Waals surface area contributed by atoms with E-state index in [2.05, 4.69) is 10.4 Å². The monoisotopic (exact) mass is 369 g/mol. The van der Waals surface area contributed by atoms with Gasteiger partial charge in [-0.3, -0.25) is 9.48 Å². The van der Waals surface area contributed by atoms with Crippen molar-refractivity contribution < 1.29 is 14.3 Å². The first-order valence-corrected chi connectivity index (χ1v) is 7.95. The van der Waals surface area contributed by atoms with Crippen LogP contribution in [-0.2, 0) is 16.6 Å². The van der Waals surface area contributed by atoms with E-state index in [1.165, 1.54) is 6.20 Å². The zero-order valence-electron chi connectivity index (χ0n) is 13.5. The lowest BCUT2D eigenvalue weighted by Gasteiger charge is -2.16. The van der Waals surface area contributed by atoms with Crippen LogP contribution >= 0.6 is 23.2 Å². The molecule has 0 aliphatic heterocycles. The molecule has 1 N–H and O–H groups in total. The van der Waals surface area contributed by atoms with Crippen LogP contribution in [-0.4, -0.2) is 28.3 Å². The molecule has 8 heteroatoms. The Bertz CT molecular complexity index is 774. The number of hydrogen-bond acceptors (Lipinski definition) is 4. The maximum atomic E-state index is 12.0. The van der Waals surface area contributed by atoms with Gasteiger partial charge in [0, 0.05) is 22.8 Å². The van der Waals surface area contributed by atoms with Crippen LogP contribution in [0.2, 0.25) is 10.0 Å². The van der Waals surface area contributed by atoms with Crippen LogP contribution in [0.25, 0.3) is 0 Å². The Hall–Kier alpha value is -2.05. The van der Waals surface area contributed by atoms with Gasteiger partial charge in [-0.05, 0) is 31.5 Å². The summed E-state index contributed by atoms with van der Waals surface area (Å²) in [6.07, 6.45) is 1.41. The first-order chi connectivity index (χ1) is 11.3. The van der Waals surface area contributed by atoms with E-state index in [0.717, 1.165) is 5.56 Å². The quantitative estimate of drug-likeness (QED) is 0.821. The number of halogens is 2. The van der Waals surface area contributed by atoms with Crippen LogP contribution in [0.4, 0.5) is 0 Å². The molecule has 0 bridgehead atoms. The Kier molecular flexibility index (Phi) is 5.85. The number of aromatic nitrogens is 2. The highest BCUT2D eigenvalue weighted by Gasteiger charge is 2.17. The van der Waals surface area contributed by atoms with Crippen LogP contribution in [0.3, 0.4) is 0 Å². The molecule has 1 atom stereocenters. The largest absolute Gasteiger partial charge is 0.452 e. The van der Waals surface area contributed by atoms with Crippen molar-refractivity contribution in [3.05, 3.63) is 51.3 Å². The summed E-state index contributed by atoms with van der Waals surface area (Å²) in [6.45, 7) is 3.14. The minimum atomic E-state index is -0.590. The number of nitrogens with one attached hydrogen (secondary N) is 1. The molecule has 1 heterocycles. The van der Waals surface area contributed by atoms with E-state index in [0.29, 0.717) is 21.3 Å². The standard InChI is InChI=1S/C16H17Cl2N3O3/c1-9(12-5-4-11(17)6-14(12)18)20-15(22)8-24-16(23)13-7-19-21(3)10(13)2/h4-7,9H,8H2,1-3H3,(H,20,22)/t9-/m0/s1. The van der Waals surface area contributed by atoms with Crippen LogP contribution in [0, 0.1) is 6.92 Å². The van der Waals surface area contributed by atoms with Crippen molar-refractivity contribution in [3.63, 3.8) is 0 Å². The van der Waals surface area contributed by atoms with Crippen LogP contribution in [0.5, 0.6) is 0 Å². The topological polar surface area (TPSA) is 73.2 Å². The number of benzene rings is 1. The van der Waals surface area contributed by atoms with Crippen LogP contribution < -0.4 is 5.32 Å². The van der Waals surface area contributed by atoms with Gasteiger partial charge in [0.25, 0.3) is 5.91 Å². The second kappa shape index (κ2) is 7.68. The van der Waals surface area contributed by atoms with Crippen molar-refractivity contribution in [1.29, 1.82) is 0 Å². The first kappa shape index (κ1) is 18.3. The maximum absolute atomic E-state index is 12.0. The summed E-state index contributed by atoms with van der Waals surface area (Å²) in [5.74, 6) is -1.02. The van der Waals surface area contributed by atoms with E-state index in [1.54, 1.807) is 43.8 Å². The normalized spacial score (nSPS) is 11.9. The Morgan fingerprint density at radius 2 is 2.08 bits per heavy atom. The molecule has 0 radical (unpaired) electrons. The highest BCUT2D eigenvalue weighted by molar-refractivity contribution is 6.35. The maximum Gasteiger partial charge on any atom is 0.342 e.